The van der Waals surface area contributed by atoms with Crippen molar-refractivity contribution in [3.8, 4) is 0 Å². The number of rotatable bonds is 6. The second kappa shape index (κ2) is 6.04. The van der Waals surface area contributed by atoms with Gasteiger partial charge >= 0.3 is 0 Å². The smallest absolute Gasteiger partial charge is 0.241 e. The average molecular weight is 309 g/mol. The summed E-state index contributed by atoms with van der Waals surface area (Å²) in [6, 6.07) is 7.86. The van der Waals surface area contributed by atoms with E-state index in [1.54, 1.807) is 12.1 Å². The van der Waals surface area contributed by atoms with Gasteiger partial charge in [0.15, 0.2) is 0 Å². The van der Waals surface area contributed by atoms with Gasteiger partial charge < -0.3 is 10.2 Å². The topological polar surface area (TPSA) is 61.4 Å². The van der Waals surface area contributed by atoms with E-state index in [-0.39, 0.29) is 6.04 Å². The average Bonchev–Trinajstić information content (AvgIpc) is 3.19. The standard InChI is InChI=1S/C15H23N3O2S/c1-18-9-8-14(11-18)17-21(19,20)15-5-3-2-4-12(15)10-16-13-6-7-13/h2-5,13-14,16-17H,6-11H2,1H3. The van der Waals surface area contributed by atoms with Crippen LogP contribution in [-0.2, 0) is 16.6 Å². The van der Waals surface area contributed by atoms with Crippen molar-refractivity contribution in [3.05, 3.63) is 29.8 Å². The van der Waals surface area contributed by atoms with E-state index in [0.29, 0.717) is 17.5 Å². The number of hydrogen-bond acceptors (Lipinski definition) is 4. The van der Waals surface area contributed by atoms with E-state index < -0.39 is 10.0 Å². The van der Waals surface area contributed by atoms with Crippen LogP contribution in [0, 0.1) is 0 Å². The summed E-state index contributed by atoms with van der Waals surface area (Å²) >= 11 is 0. The number of likely N-dealkylation sites (N-methyl/N-ethyl adjacent to an activating group) is 1. The van der Waals surface area contributed by atoms with E-state index >= 15 is 0 Å². The van der Waals surface area contributed by atoms with Crippen molar-refractivity contribution in [2.45, 2.75) is 42.8 Å². The molecule has 1 aliphatic heterocycles. The third-order valence-corrected chi connectivity index (χ3v) is 5.75. The summed E-state index contributed by atoms with van der Waals surface area (Å²) in [7, 11) is -1.43. The molecule has 1 atom stereocenters. The molecule has 0 spiro atoms. The number of sulfonamides is 1. The van der Waals surface area contributed by atoms with Crippen LogP contribution in [0.1, 0.15) is 24.8 Å². The highest BCUT2D eigenvalue weighted by atomic mass is 32.2. The van der Waals surface area contributed by atoms with E-state index in [0.717, 1.165) is 25.1 Å². The second-order valence-electron chi connectivity index (χ2n) is 6.13. The zero-order valence-corrected chi connectivity index (χ0v) is 13.2. The molecule has 2 aliphatic rings. The van der Waals surface area contributed by atoms with Gasteiger partial charge in [-0.15, -0.1) is 0 Å². The normalized spacial score (nSPS) is 23.6. The quantitative estimate of drug-likeness (QED) is 0.820. The molecule has 0 bridgehead atoms. The lowest BCUT2D eigenvalue weighted by Gasteiger charge is -2.16. The molecule has 0 aromatic heterocycles. The zero-order chi connectivity index (χ0) is 14.9. The fourth-order valence-electron chi connectivity index (χ4n) is 2.77. The van der Waals surface area contributed by atoms with Crippen LogP contribution in [0.15, 0.2) is 29.2 Å². The Hall–Kier alpha value is -0.950. The Kier molecular flexibility index (Phi) is 4.31. The predicted octanol–water partition coefficient (Wildman–Crippen LogP) is 0.921. The number of hydrogen-bond donors (Lipinski definition) is 2. The number of nitrogens with zero attached hydrogens (tertiary/aromatic N) is 1. The van der Waals surface area contributed by atoms with E-state index in [4.69, 9.17) is 0 Å². The highest BCUT2D eigenvalue weighted by Crippen LogP contribution is 2.22. The van der Waals surface area contributed by atoms with Gasteiger partial charge in [-0.2, -0.15) is 0 Å². The summed E-state index contributed by atoms with van der Waals surface area (Å²) in [5.74, 6) is 0. The van der Waals surface area contributed by atoms with Crippen LogP contribution in [0.25, 0.3) is 0 Å². The van der Waals surface area contributed by atoms with Crippen molar-refractivity contribution in [1.29, 1.82) is 0 Å². The van der Waals surface area contributed by atoms with Crippen molar-refractivity contribution >= 4 is 10.0 Å². The van der Waals surface area contributed by atoms with Crippen molar-refractivity contribution in [3.63, 3.8) is 0 Å². The van der Waals surface area contributed by atoms with Crippen molar-refractivity contribution in [2.75, 3.05) is 20.1 Å². The zero-order valence-electron chi connectivity index (χ0n) is 12.4. The SMILES string of the molecule is CN1CCC(NS(=O)(=O)c2ccccc2CNC2CC2)C1. The van der Waals surface area contributed by atoms with Gasteiger partial charge in [-0.25, -0.2) is 13.1 Å². The highest BCUT2D eigenvalue weighted by molar-refractivity contribution is 7.89. The first-order valence-corrected chi connectivity index (χ1v) is 9.05. The second-order valence-corrected chi connectivity index (χ2v) is 7.81. The minimum atomic E-state index is -3.44. The molecule has 21 heavy (non-hydrogen) atoms. The fraction of sp³-hybridized carbons (Fsp3) is 0.600. The summed E-state index contributed by atoms with van der Waals surface area (Å²) in [5, 5.41) is 3.39. The Labute approximate surface area is 126 Å². The maximum atomic E-state index is 12.6. The molecular formula is C15H23N3O2S. The van der Waals surface area contributed by atoms with Gasteiger partial charge in [-0.1, -0.05) is 18.2 Å². The Balaban J connectivity index is 1.74. The third kappa shape index (κ3) is 3.83. The van der Waals surface area contributed by atoms with Gasteiger partial charge in [0.25, 0.3) is 0 Å². The first-order chi connectivity index (χ1) is 10.0. The first kappa shape index (κ1) is 15.0. The molecule has 0 radical (unpaired) electrons. The van der Waals surface area contributed by atoms with Gasteiger partial charge in [0.2, 0.25) is 10.0 Å². The number of likely N-dealkylation sites (tertiary alicyclic amines) is 1. The molecule has 5 nitrogen and oxygen atoms in total. The molecular weight excluding hydrogens is 286 g/mol. The first-order valence-electron chi connectivity index (χ1n) is 7.57. The minimum Gasteiger partial charge on any atom is -0.310 e. The fourth-order valence-corrected chi connectivity index (χ4v) is 4.27. The summed E-state index contributed by atoms with van der Waals surface area (Å²) < 4.78 is 28.1. The lowest BCUT2D eigenvalue weighted by Crippen LogP contribution is -2.37. The van der Waals surface area contributed by atoms with Crippen LogP contribution in [0.4, 0.5) is 0 Å². The van der Waals surface area contributed by atoms with Gasteiger partial charge in [-0.05, 0) is 44.5 Å². The Bertz CT molecular complexity index is 599. The van der Waals surface area contributed by atoms with Gasteiger partial charge in [0, 0.05) is 25.2 Å². The maximum Gasteiger partial charge on any atom is 0.241 e. The van der Waals surface area contributed by atoms with E-state index in [1.807, 2.05) is 19.2 Å². The van der Waals surface area contributed by atoms with E-state index in [1.165, 1.54) is 12.8 Å². The van der Waals surface area contributed by atoms with Crippen LogP contribution in [-0.4, -0.2) is 45.5 Å². The molecule has 116 valence electrons. The van der Waals surface area contributed by atoms with Crippen molar-refractivity contribution in [1.82, 2.24) is 14.9 Å². The van der Waals surface area contributed by atoms with Crippen LogP contribution in [0.5, 0.6) is 0 Å². The maximum absolute atomic E-state index is 12.6. The lowest BCUT2D eigenvalue weighted by molar-refractivity contribution is 0.407. The summed E-state index contributed by atoms with van der Waals surface area (Å²) in [6.45, 7) is 2.34. The number of benzene rings is 1. The molecule has 1 aliphatic carbocycles. The molecule has 1 aromatic rings. The van der Waals surface area contributed by atoms with Gasteiger partial charge in [0.05, 0.1) is 4.90 Å². The molecule has 1 unspecified atom stereocenters. The van der Waals surface area contributed by atoms with Gasteiger partial charge in [0.1, 0.15) is 0 Å². The summed E-state index contributed by atoms with van der Waals surface area (Å²) in [4.78, 5) is 2.56. The van der Waals surface area contributed by atoms with Crippen LogP contribution in [0.2, 0.25) is 0 Å². The van der Waals surface area contributed by atoms with Crippen molar-refractivity contribution < 1.29 is 8.42 Å². The minimum absolute atomic E-state index is 0.0180. The monoisotopic (exact) mass is 309 g/mol. The molecule has 2 fully saturated rings. The Morgan fingerprint density at radius 2 is 1.95 bits per heavy atom. The molecule has 1 heterocycles. The molecule has 6 heteroatoms. The third-order valence-electron chi connectivity index (χ3n) is 4.13. The molecule has 1 aromatic carbocycles. The van der Waals surface area contributed by atoms with E-state index in [9.17, 15) is 8.42 Å². The highest BCUT2D eigenvalue weighted by Gasteiger charge is 2.27. The molecule has 2 N–H and O–H groups in total. The molecule has 3 rings (SSSR count). The summed E-state index contributed by atoms with van der Waals surface area (Å²) in [6.07, 6.45) is 3.27. The van der Waals surface area contributed by atoms with Crippen LogP contribution < -0.4 is 10.0 Å². The Morgan fingerprint density at radius 3 is 2.62 bits per heavy atom. The van der Waals surface area contributed by atoms with E-state index in [2.05, 4.69) is 14.9 Å². The lowest BCUT2D eigenvalue weighted by atomic mass is 10.2. The van der Waals surface area contributed by atoms with Crippen LogP contribution in [0.3, 0.4) is 0 Å². The predicted molar refractivity (Wildman–Crippen MR) is 82.5 cm³/mol. The number of nitrogens with one attached hydrogen (secondary N) is 2. The van der Waals surface area contributed by atoms with Gasteiger partial charge in [-0.3, -0.25) is 0 Å². The largest absolute Gasteiger partial charge is 0.310 e. The van der Waals surface area contributed by atoms with Crippen molar-refractivity contribution in [2.24, 2.45) is 0 Å². The Morgan fingerprint density at radius 1 is 1.19 bits per heavy atom. The molecule has 1 saturated carbocycles. The summed E-state index contributed by atoms with van der Waals surface area (Å²) in [5.41, 5.74) is 0.850. The molecule has 1 saturated heterocycles. The van der Waals surface area contributed by atoms with Crippen LogP contribution >= 0.6 is 0 Å². The molecule has 0 amide bonds.